The third-order valence-corrected chi connectivity index (χ3v) is 3.33. The largest absolute Gasteiger partial charge is 0.493 e. The predicted molar refractivity (Wildman–Crippen MR) is 75.0 cm³/mol. The number of unbranched alkanes of at least 4 members (excludes halogenated alkanes) is 1. The van der Waals surface area contributed by atoms with Crippen LogP contribution in [0.5, 0.6) is 11.5 Å². The van der Waals surface area contributed by atoms with E-state index in [-0.39, 0.29) is 0 Å². The standard InChI is InChI=1S/C14H22N2O2/c1-4-5-6-10-9-15-11-7-13(17-2)14(18-3)8-12(11)16-10/h7-8,10,15-16H,4-6,9H2,1-3H3. The van der Waals surface area contributed by atoms with Crippen molar-refractivity contribution in [1.29, 1.82) is 0 Å². The molecule has 0 spiro atoms. The first kappa shape index (κ1) is 12.9. The van der Waals surface area contributed by atoms with Gasteiger partial charge in [0.15, 0.2) is 11.5 Å². The van der Waals surface area contributed by atoms with Gasteiger partial charge in [0, 0.05) is 24.7 Å². The van der Waals surface area contributed by atoms with Gasteiger partial charge < -0.3 is 20.1 Å². The Morgan fingerprint density at radius 3 is 2.44 bits per heavy atom. The fourth-order valence-corrected chi connectivity index (χ4v) is 2.27. The monoisotopic (exact) mass is 250 g/mol. The molecule has 0 aromatic heterocycles. The zero-order valence-electron chi connectivity index (χ0n) is 11.4. The van der Waals surface area contributed by atoms with Crippen LogP contribution in [0.25, 0.3) is 0 Å². The topological polar surface area (TPSA) is 42.5 Å². The van der Waals surface area contributed by atoms with Crippen molar-refractivity contribution >= 4 is 11.4 Å². The van der Waals surface area contributed by atoms with E-state index in [0.29, 0.717) is 6.04 Å². The van der Waals surface area contributed by atoms with Gasteiger partial charge in [-0.05, 0) is 6.42 Å². The van der Waals surface area contributed by atoms with E-state index in [0.717, 1.165) is 29.4 Å². The molecule has 2 N–H and O–H groups in total. The molecule has 1 aliphatic heterocycles. The Balaban J connectivity index is 2.16. The molecule has 1 aromatic carbocycles. The summed E-state index contributed by atoms with van der Waals surface area (Å²) in [5, 5.41) is 7.01. The summed E-state index contributed by atoms with van der Waals surface area (Å²) in [7, 11) is 3.32. The first-order chi connectivity index (χ1) is 8.78. The second-order valence-corrected chi connectivity index (χ2v) is 4.62. The minimum absolute atomic E-state index is 0.496. The van der Waals surface area contributed by atoms with Crippen molar-refractivity contribution < 1.29 is 9.47 Å². The van der Waals surface area contributed by atoms with Crippen LogP contribution >= 0.6 is 0 Å². The van der Waals surface area contributed by atoms with Crippen LogP contribution < -0.4 is 20.1 Å². The first-order valence-corrected chi connectivity index (χ1v) is 6.55. The maximum absolute atomic E-state index is 5.33. The fraction of sp³-hybridized carbons (Fsp3) is 0.571. The molecule has 4 heteroatoms. The van der Waals surface area contributed by atoms with E-state index in [2.05, 4.69) is 17.6 Å². The molecule has 1 aliphatic rings. The van der Waals surface area contributed by atoms with Crippen molar-refractivity contribution in [2.24, 2.45) is 0 Å². The van der Waals surface area contributed by atoms with Crippen molar-refractivity contribution in [3.8, 4) is 11.5 Å². The van der Waals surface area contributed by atoms with Crippen LogP contribution in [0.3, 0.4) is 0 Å². The van der Waals surface area contributed by atoms with Gasteiger partial charge in [-0.15, -0.1) is 0 Å². The Bertz CT molecular complexity index is 407. The Labute approximate surface area is 109 Å². The van der Waals surface area contributed by atoms with E-state index in [1.165, 1.54) is 19.3 Å². The summed E-state index contributed by atoms with van der Waals surface area (Å²) in [5.41, 5.74) is 2.18. The smallest absolute Gasteiger partial charge is 0.162 e. The number of hydrogen-bond acceptors (Lipinski definition) is 4. The molecule has 0 saturated carbocycles. The van der Waals surface area contributed by atoms with Crippen molar-refractivity contribution in [2.45, 2.75) is 32.2 Å². The normalized spacial score (nSPS) is 17.4. The molecule has 0 aliphatic carbocycles. The zero-order chi connectivity index (χ0) is 13.0. The number of ether oxygens (including phenoxy) is 2. The van der Waals surface area contributed by atoms with Crippen molar-refractivity contribution in [1.82, 2.24) is 0 Å². The molecule has 1 heterocycles. The summed E-state index contributed by atoms with van der Waals surface area (Å²) in [4.78, 5) is 0. The second-order valence-electron chi connectivity index (χ2n) is 4.62. The van der Waals surface area contributed by atoms with Gasteiger partial charge in [-0.2, -0.15) is 0 Å². The number of fused-ring (bicyclic) bond motifs is 1. The van der Waals surface area contributed by atoms with E-state index < -0.39 is 0 Å². The number of hydrogen-bond donors (Lipinski definition) is 2. The molecule has 100 valence electrons. The van der Waals surface area contributed by atoms with Gasteiger partial charge in [-0.3, -0.25) is 0 Å². The highest BCUT2D eigenvalue weighted by molar-refractivity contribution is 5.76. The average Bonchev–Trinajstić information content (AvgIpc) is 2.43. The van der Waals surface area contributed by atoms with Crippen LogP contribution in [0.15, 0.2) is 12.1 Å². The lowest BCUT2D eigenvalue weighted by molar-refractivity contribution is 0.355. The highest BCUT2D eigenvalue weighted by Crippen LogP contribution is 2.38. The number of anilines is 2. The molecule has 2 rings (SSSR count). The molecule has 1 aromatic rings. The van der Waals surface area contributed by atoms with Crippen LogP contribution in [-0.2, 0) is 0 Å². The van der Waals surface area contributed by atoms with E-state index in [9.17, 15) is 0 Å². The van der Waals surface area contributed by atoms with Crippen LogP contribution in [0.1, 0.15) is 26.2 Å². The third-order valence-electron chi connectivity index (χ3n) is 3.33. The molecule has 1 atom stereocenters. The number of methoxy groups -OCH3 is 2. The van der Waals surface area contributed by atoms with Crippen LogP contribution in [-0.4, -0.2) is 26.8 Å². The number of benzene rings is 1. The second kappa shape index (κ2) is 5.85. The summed E-state index contributed by atoms with van der Waals surface area (Å²) < 4.78 is 10.6. The quantitative estimate of drug-likeness (QED) is 0.842. The molecule has 0 radical (unpaired) electrons. The Kier molecular flexibility index (Phi) is 4.18. The van der Waals surface area contributed by atoms with E-state index in [4.69, 9.17) is 9.47 Å². The van der Waals surface area contributed by atoms with Gasteiger partial charge in [0.2, 0.25) is 0 Å². The Hall–Kier alpha value is -1.58. The molecular formula is C14H22N2O2. The van der Waals surface area contributed by atoms with Crippen LogP contribution in [0.2, 0.25) is 0 Å². The fourth-order valence-electron chi connectivity index (χ4n) is 2.27. The van der Waals surface area contributed by atoms with E-state index in [1.807, 2.05) is 12.1 Å². The maximum atomic E-state index is 5.33. The lowest BCUT2D eigenvalue weighted by Crippen LogP contribution is -2.32. The molecule has 1 unspecified atom stereocenters. The minimum Gasteiger partial charge on any atom is -0.493 e. The number of nitrogens with one attached hydrogen (secondary N) is 2. The van der Waals surface area contributed by atoms with Gasteiger partial charge in [0.05, 0.1) is 25.6 Å². The van der Waals surface area contributed by atoms with Crippen molar-refractivity contribution in [3.05, 3.63) is 12.1 Å². The zero-order valence-corrected chi connectivity index (χ0v) is 11.4. The Morgan fingerprint density at radius 1 is 1.17 bits per heavy atom. The summed E-state index contributed by atoms with van der Waals surface area (Å²) >= 11 is 0. The third kappa shape index (κ3) is 2.63. The molecule has 4 nitrogen and oxygen atoms in total. The lowest BCUT2D eigenvalue weighted by atomic mass is 10.1. The van der Waals surface area contributed by atoms with E-state index >= 15 is 0 Å². The summed E-state index contributed by atoms with van der Waals surface area (Å²) in [6.07, 6.45) is 3.68. The van der Waals surface area contributed by atoms with Gasteiger partial charge in [0.25, 0.3) is 0 Å². The van der Waals surface area contributed by atoms with E-state index in [1.54, 1.807) is 14.2 Å². The highest BCUT2D eigenvalue weighted by Gasteiger charge is 2.19. The highest BCUT2D eigenvalue weighted by atomic mass is 16.5. The van der Waals surface area contributed by atoms with Crippen molar-refractivity contribution in [2.75, 3.05) is 31.4 Å². The van der Waals surface area contributed by atoms with Gasteiger partial charge >= 0.3 is 0 Å². The maximum Gasteiger partial charge on any atom is 0.162 e. The van der Waals surface area contributed by atoms with Gasteiger partial charge in [-0.1, -0.05) is 19.8 Å². The van der Waals surface area contributed by atoms with Crippen LogP contribution in [0, 0.1) is 0 Å². The SMILES string of the molecule is CCCCC1CNc2cc(OC)c(OC)cc2N1. The molecule has 0 amide bonds. The Morgan fingerprint density at radius 2 is 1.83 bits per heavy atom. The summed E-state index contributed by atoms with van der Waals surface area (Å²) in [6.45, 7) is 3.18. The first-order valence-electron chi connectivity index (χ1n) is 6.55. The van der Waals surface area contributed by atoms with Crippen molar-refractivity contribution in [3.63, 3.8) is 0 Å². The van der Waals surface area contributed by atoms with Crippen LogP contribution in [0.4, 0.5) is 11.4 Å². The summed E-state index contributed by atoms with van der Waals surface area (Å²) in [5.74, 6) is 1.53. The minimum atomic E-state index is 0.496. The number of rotatable bonds is 5. The molecule has 0 bridgehead atoms. The molecular weight excluding hydrogens is 228 g/mol. The lowest BCUT2D eigenvalue weighted by Gasteiger charge is -2.29. The summed E-state index contributed by atoms with van der Waals surface area (Å²) in [6, 6.07) is 4.48. The van der Waals surface area contributed by atoms with Gasteiger partial charge in [-0.25, -0.2) is 0 Å². The van der Waals surface area contributed by atoms with Gasteiger partial charge in [0.1, 0.15) is 0 Å². The predicted octanol–water partition coefficient (Wildman–Crippen LogP) is 3.10. The average molecular weight is 250 g/mol. The molecule has 0 fully saturated rings. The molecule has 0 saturated heterocycles. The molecule has 18 heavy (non-hydrogen) atoms.